The Bertz CT molecular complexity index is 4680. The maximum Gasteiger partial charge on any atom is 0.260 e. The average Bonchev–Trinajstić information content (AvgIpc) is 1.61. The van der Waals surface area contributed by atoms with Gasteiger partial charge >= 0.3 is 0 Å². The molecule has 0 aliphatic carbocycles. The van der Waals surface area contributed by atoms with Crippen molar-refractivity contribution >= 4 is 88.5 Å². The van der Waals surface area contributed by atoms with Gasteiger partial charge in [-0.25, -0.2) is 0 Å². The highest BCUT2D eigenvalue weighted by Gasteiger charge is 2.42. The molecule has 0 N–H and O–H groups in total. The van der Waals surface area contributed by atoms with Gasteiger partial charge in [-0.05, 0) is 133 Å². The van der Waals surface area contributed by atoms with E-state index in [1.54, 1.807) is 0 Å². The Labute approximate surface area is 481 Å². The summed E-state index contributed by atoms with van der Waals surface area (Å²) in [6, 6.07) is 72.9. The third kappa shape index (κ3) is 7.52. The molecule has 0 spiro atoms. The molecule has 0 unspecified atom stereocenters. The van der Waals surface area contributed by atoms with Gasteiger partial charge in [-0.3, -0.25) is 0 Å². The summed E-state index contributed by atoms with van der Waals surface area (Å²) in [7, 11) is 0. The highest BCUT2D eigenvalue weighted by Crippen LogP contribution is 2.48. The first-order valence-corrected chi connectivity index (χ1v) is 29.3. The van der Waals surface area contributed by atoms with Crippen molar-refractivity contribution in [2.75, 3.05) is 0 Å². The standard InChI is InChI=1S/C76H68BN3O2/c1-73(2,3)46-30-37-64-55(40-46)56-41-47(74(4,5)6)31-38-65(56)78(64)49-32-36-59-67(44-49)82-69-43-48(75(7,8)9)42-68-70(69)77(59)58-35-29-45(39-66(58)81-68)50-33-34-57(76(10,11)12)72(80-62-27-19-15-23-53(62)54-24-16-20-28-63(54)80)71(50)79-60-25-17-13-21-51(60)52-22-14-18-26-61(52)79/h13-44H,1-12H3. The van der Waals surface area contributed by atoms with Gasteiger partial charge in [0.15, 0.2) is 0 Å². The second kappa shape index (κ2) is 17.4. The molecule has 0 atom stereocenters. The summed E-state index contributed by atoms with van der Waals surface area (Å²) in [5, 5.41) is 7.44. The van der Waals surface area contributed by atoms with E-state index in [0.717, 1.165) is 78.5 Å². The molecule has 5 nitrogen and oxygen atoms in total. The topological polar surface area (TPSA) is 33.2 Å². The first-order chi connectivity index (χ1) is 39.2. The van der Waals surface area contributed by atoms with Crippen LogP contribution in [0.5, 0.6) is 23.0 Å². The lowest BCUT2D eigenvalue weighted by molar-refractivity contribution is 0.458. The fraction of sp³-hybridized carbons (Fsp3) is 0.211. The predicted octanol–water partition coefficient (Wildman–Crippen LogP) is 18.6. The number of hydrogen-bond donors (Lipinski definition) is 0. The van der Waals surface area contributed by atoms with Crippen molar-refractivity contribution in [1.29, 1.82) is 0 Å². The number of aromatic nitrogens is 3. The lowest BCUT2D eigenvalue weighted by Gasteiger charge is -2.35. The Morgan fingerprint density at radius 3 is 1.21 bits per heavy atom. The largest absolute Gasteiger partial charge is 0.458 e. The molecule has 0 fully saturated rings. The van der Waals surface area contributed by atoms with Crippen molar-refractivity contribution in [3.63, 3.8) is 0 Å². The summed E-state index contributed by atoms with van der Waals surface area (Å²) in [5.41, 5.74) is 20.6. The van der Waals surface area contributed by atoms with Gasteiger partial charge in [0, 0.05) is 55.1 Å². The van der Waals surface area contributed by atoms with Gasteiger partial charge in [-0.1, -0.05) is 198 Å². The molecule has 0 bridgehead atoms. The molecule has 82 heavy (non-hydrogen) atoms. The number of nitrogens with zero attached hydrogens (tertiary/aromatic N) is 3. The van der Waals surface area contributed by atoms with E-state index in [2.05, 4.69) is 291 Å². The van der Waals surface area contributed by atoms with Crippen LogP contribution in [0.25, 0.3) is 93.6 Å². The number of rotatable bonds is 4. The van der Waals surface area contributed by atoms with Crippen LogP contribution in [0.4, 0.5) is 0 Å². The number of ether oxygens (including phenoxy) is 2. The Kier molecular flexibility index (Phi) is 10.7. The second-order valence-electron chi connectivity index (χ2n) is 27.4. The molecule has 402 valence electrons. The highest BCUT2D eigenvalue weighted by molar-refractivity contribution is 6.98. The zero-order valence-electron chi connectivity index (χ0n) is 49.2. The molecular formula is C76H68BN3O2. The molecule has 13 aromatic rings. The maximum atomic E-state index is 7.35. The summed E-state index contributed by atoms with van der Waals surface area (Å²) in [5.74, 6) is 3.40. The number of fused-ring (bicyclic) bond motifs is 13. The molecule has 2 aliphatic heterocycles. The van der Waals surface area contributed by atoms with Crippen LogP contribution in [0.1, 0.15) is 105 Å². The summed E-state index contributed by atoms with van der Waals surface area (Å²) < 4.78 is 22.1. The summed E-state index contributed by atoms with van der Waals surface area (Å²) in [4.78, 5) is 0. The van der Waals surface area contributed by atoms with Gasteiger partial charge in [-0.15, -0.1) is 0 Å². The molecule has 0 saturated heterocycles. The molecule has 15 rings (SSSR count). The smallest absolute Gasteiger partial charge is 0.260 e. The first-order valence-electron chi connectivity index (χ1n) is 29.3. The van der Waals surface area contributed by atoms with Crippen LogP contribution in [0, 0.1) is 0 Å². The van der Waals surface area contributed by atoms with Gasteiger partial charge < -0.3 is 23.2 Å². The van der Waals surface area contributed by atoms with Crippen LogP contribution >= 0.6 is 0 Å². The SMILES string of the molecule is CC(C)(C)c1cc2c3c(c1)Oc1cc(-n4c5ccc(C(C)(C)C)cc5c5cc(C(C)(C)C)ccc54)ccc1B3c1ccc(-c3ccc(C(C)(C)C)c(-n4c5ccccc5c5ccccc54)c3-n3c4ccccc4c4ccccc43)cc1O2. The zero-order valence-corrected chi connectivity index (χ0v) is 49.2. The highest BCUT2D eigenvalue weighted by atomic mass is 16.5. The molecule has 10 aromatic carbocycles. The fourth-order valence-corrected chi connectivity index (χ4v) is 13.7. The van der Waals surface area contributed by atoms with E-state index in [-0.39, 0.29) is 28.4 Å². The molecule has 5 heterocycles. The maximum absolute atomic E-state index is 7.35. The normalized spacial score (nSPS) is 13.5. The quantitative estimate of drug-likeness (QED) is 0.165. The molecule has 0 radical (unpaired) electrons. The Hall–Kier alpha value is -8.74. The summed E-state index contributed by atoms with van der Waals surface area (Å²) >= 11 is 0. The summed E-state index contributed by atoms with van der Waals surface area (Å²) in [6.45, 7) is 27.5. The van der Waals surface area contributed by atoms with Gasteiger partial charge in [0.1, 0.15) is 23.0 Å². The minimum absolute atomic E-state index is 0.00472. The van der Waals surface area contributed by atoms with Crippen LogP contribution in [-0.4, -0.2) is 20.4 Å². The minimum Gasteiger partial charge on any atom is -0.458 e. The van der Waals surface area contributed by atoms with Crippen molar-refractivity contribution in [3.05, 3.63) is 216 Å². The van der Waals surface area contributed by atoms with E-state index in [1.807, 2.05) is 0 Å². The van der Waals surface area contributed by atoms with Gasteiger partial charge in [-0.2, -0.15) is 0 Å². The molecule has 2 aliphatic rings. The summed E-state index contributed by atoms with van der Waals surface area (Å²) in [6.07, 6.45) is 0. The van der Waals surface area contributed by atoms with E-state index in [4.69, 9.17) is 9.47 Å². The van der Waals surface area contributed by atoms with Crippen molar-refractivity contribution in [1.82, 2.24) is 13.7 Å². The van der Waals surface area contributed by atoms with E-state index >= 15 is 0 Å². The van der Waals surface area contributed by atoms with Crippen molar-refractivity contribution in [2.24, 2.45) is 0 Å². The molecule has 6 heteroatoms. The van der Waals surface area contributed by atoms with Crippen molar-refractivity contribution in [3.8, 4) is 51.2 Å². The minimum atomic E-state index is -0.234. The Morgan fingerprint density at radius 1 is 0.317 bits per heavy atom. The van der Waals surface area contributed by atoms with Crippen LogP contribution in [0.15, 0.2) is 194 Å². The number of hydrogen-bond acceptors (Lipinski definition) is 2. The monoisotopic (exact) mass is 1070 g/mol. The number of benzene rings is 10. The van der Waals surface area contributed by atoms with Crippen LogP contribution < -0.4 is 25.9 Å². The van der Waals surface area contributed by atoms with Gasteiger partial charge in [0.05, 0.1) is 44.5 Å². The van der Waals surface area contributed by atoms with E-state index in [9.17, 15) is 0 Å². The lowest BCUT2D eigenvalue weighted by atomic mass is 9.34. The number of para-hydroxylation sites is 4. The Morgan fingerprint density at radius 2 is 0.744 bits per heavy atom. The zero-order chi connectivity index (χ0) is 56.5. The molecular weight excluding hydrogens is 998 g/mol. The first kappa shape index (κ1) is 50.2. The average molecular weight is 1070 g/mol. The second-order valence-corrected chi connectivity index (χ2v) is 27.4. The van der Waals surface area contributed by atoms with Crippen LogP contribution in [-0.2, 0) is 21.7 Å². The lowest BCUT2D eigenvalue weighted by Crippen LogP contribution is -2.57. The predicted molar refractivity (Wildman–Crippen MR) is 347 cm³/mol. The molecule has 0 saturated carbocycles. The van der Waals surface area contributed by atoms with E-state index in [0.29, 0.717) is 0 Å². The van der Waals surface area contributed by atoms with E-state index < -0.39 is 0 Å². The third-order valence-electron chi connectivity index (χ3n) is 18.0. The van der Waals surface area contributed by atoms with Crippen LogP contribution in [0.3, 0.4) is 0 Å². The van der Waals surface area contributed by atoms with Gasteiger partial charge in [0.25, 0.3) is 6.71 Å². The third-order valence-corrected chi connectivity index (χ3v) is 18.0. The van der Waals surface area contributed by atoms with Crippen molar-refractivity contribution in [2.45, 2.75) is 105 Å². The Balaban J connectivity index is 0.971. The molecule has 0 amide bonds. The van der Waals surface area contributed by atoms with Gasteiger partial charge in [0.2, 0.25) is 0 Å². The van der Waals surface area contributed by atoms with Crippen molar-refractivity contribution < 1.29 is 9.47 Å². The van der Waals surface area contributed by atoms with Crippen LogP contribution in [0.2, 0.25) is 0 Å². The molecule has 3 aromatic heterocycles. The van der Waals surface area contributed by atoms with E-state index in [1.165, 1.54) is 76.8 Å². The fourth-order valence-electron chi connectivity index (χ4n) is 13.7.